The van der Waals surface area contributed by atoms with Crippen molar-refractivity contribution in [2.24, 2.45) is 0 Å². The lowest BCUT2D eigenvalue weighted by molar-refractivity contribution is 0.363. The van der Waals surface area contributed by atoms with Gasteiger partial charge in [0.15, 0.2) is 0 Å². The maximum atomic E-state index is 12.0. The van der Waals surface area contributed by atoms with Crippen LogP contribution >= 0.6 is 21.8 Å². The molecule has 0 aliphatic carbocycles. The minimum absolute atomic E-state index is 0.0177. The Balaban J connectivity index is 3.34. The molecular formula is C5H3ClF5NS. The van der Waals surface area contributed by atoms with Crippen LogP contribution in [-0.4, -0.2) is 4.98 Å². The van der Waals surface area contributed by atoms with Crippen molar-refractivity contribution >= 4 is 21.8 Å². The van der Waals surface area contributed by atoms with Crippen molar-refractivity contribution in [3.8, 4) is 0 Å². The Morgan fingerprint density at radius 1 is 1.08 bits per heavy atom. The number of nitrogens with zero attached hydrogens (tertiary/aromatic N) is 1. The summed E-state index contributed by atoms with van der Waals surface area (Å²) >= 11 is 5.14. The molecule has 0 N–H and O–H groups in total. The van der Waals surface area contributed by atoms with E-state index in [9.17, 15) is 19.4 Å². The molecule has 0 fully saturated rings. The van der Waals surface area contributed by atoms with Gasteiger partial charge in [-0.3, -0.25) is 0 Å². The quantitative estimate of drug-likeness (QED) is 0.523. The summed E-state index contributed by atoms with van der Waals surface area (Å²) < 4.78 is 60.0. The first-order valence-corrected chi connectivity index (χ1v) is 5.18. The molecule has 0 radical (unpaired) electrons. The highest BCUT2D eigenvalue weighted by molar-refractivity contribution is 8.45. The number of hydrogen-bond donors (Lipinski definition) is 0. The molecule has 0 saturated carbocycles. The SMILES string of the molecule is FS(F)(F)(F)(F)c1ccc(Cl)nc1. The van der Waals surface area contributed by atoms with E-state index in [2.05, 4.69) is 4.98 Å². The van der Waals surface area contributed by atoms with Crippen LogP contribution in [0.5, 0.6) is 0 Å². The standard InChI is InChI=1S/C5H3ClF5NS/c6-5-2-1-4(3-12-5)13(7,8,9,10)11/h1-3H. The lowest BCUT2D eigenvalue weighted by Crippen LogP contribution is -2.06. The van der Waals surface area contributed by atoms with Gasteiger partial charge in [0.05, 0.1) is 6.20 Å². The zero-order chi connectivity index (χ0) is 10.4. The van der Waals surface area contributed by atoms with Gasteiger partial charge in [-0.2, -0.15) is 0 Å². The molecule has 1 heterocycles. The van der Waals surface area contributed by atoms with E-state index in [1.54, 1.807) is 0 Å². The van der Waals surface area contributed by atoms with Gasteiger partial charge >= 0.3 is 10.2 Å². The van der Waals surface area contributed by atoms with Crippen molar-refractivity contribution in [3.05, 3.63) is 23.5 Å². The second kappa shape index (κ2) is 2.09. The Kier molecular flexibility index (Phi) is 1.69. The van der Waals surface area contributed by atoms with Crippen molar-refractivity contribution in [2.45, 2.75) is 4.90 Å². The fourth-order valence-electron chi connectivity index (χ4n) is 0.590. The molecule has 1 nitrogen and oxygen atoms in total. The van der Waals surface area contributed by atoms with E-state index in [0.717, 1.165) is 0 Å². The lowest BCUT2D eigenvalue weighted by Gasteiger charge is -2.40. The van der Waals surface area contributed by atoms with E-state index >= 15 is 0 Å². The van der Waals surface area contributed by atoms with Crippen LogP contribution in [0.3, 0.4) is 0 Å². The average Bonchev–Trinajstić information content (AvgIpc) is 1.82. The minimum atomic E-state index is -9.57. The maximum Gasteiger partial charge on any atom is 0.311 e. The third-order valence-electron chi connectivity index (χ3n) is 1.15. The van der Waals surface area contributed by atoms with Crippen LogP contribution < -0.4 is 0 Å². The molecule has 1 rings (SSSR count). The number of rotatable bonds is 1. The fourth-order valence-corrected chi connectivity index (χ4v) is 1.28. The highest BCUT2D eigenvalue weighted by Gasteiger charge is 2.65. The van der Waals surface area contributed by atoms with Crippen LogP contribution in [0.1, 0.15) is 0 Å². The van der Waals surface area contributed by atoms with Crippen LogP contribution in [-0.2, 0) is 0 Å². The molecule has 76 valence electrons. The maximum absolute atomic E-state index is 12.0. The van der Waals surface area contributed by atoms with Gasteiger partial charge in [-0.25, -0.2) is 4.98 Å². The second-order valence-electron chi connectivity index (χ2n) is 2.29. The predicted molar refractivity (Wildman–Crippen MR) is 40.6 cm³/mol. The van der Waals surface area contributed by atoms with Crippen LogP contribution in [0.25, 0.3) is 0 Å². The monoisotopic (exact) mass is 239 g/mol. The summed E-state index contributed by atoms with van der Waals surface area (Å²) in [6.07, 6.45) is 0.0177. The smallest absolute Gasteiger partial charge is 0.243 e. The van der Waals surface area contributed by atoms with Crippen LogP contribution in [0.15, 0.2) is 23.2 Å². The van der Waals surface area contributed by atoms with E-state index in [4.69, 9.17) is 11.6 Å². The normalized spacial score (nSPS) is 17.7. The third kappa shape index (κ3) is 2.70. The highest BCUT2D eigenvalue weighted by Crippen LogP contribution is 3.02. The fraction of sp³-hybridized carbons (Fsp3) is 0. The summed E-state index contributed by atoms with van der Waals surface area (Å²) in [6.45, 7) is 0. The van der Waals surface area contributed by atoms with E-state index < -0.39 is 15.1 Å². The van der Waals surface area contributed by atoms with Crippen molar-refractivity contribution in [1.29, 1.82) is 0 Å². The molecule has 0 bridgehead atoms. The van der Waals surface area contributed by atoms with Gasteiger partial charge in [0.1, 0.15) is 10.0 Å². The molecular weight excluding hydrogens is 237 g/mol. The molecule has 8 heteroatoms. The third-order valence-corrected chi connectivity index (χ3v) is 2.50. The minimum Gasteiger partial charge on any atom is -0.243 e. The van der Waals surface area contributed by atoms with Gasteiger partial charge in [-0.1, -0.05) is 31.0 Å². The lowest BCUT2D eigenvalue weighted by atomic mass is 10.5. The van der Waals surface area contributed by atoms with Crippen LogP contribution in [0.2, 0.25) is 5.15 Å². The number of halogens is 6. The predicted octanol–water partition coefficient (Wildman–Crippen LogP) is 4.39. The molecule has 0 aliphatic heterocycles. The van der Waals surface area contributed by atoms with Gasteiger partial charge < -0.3 is 0 Å². The van der Waals surface area contributed by atoms with Gasteiger partial charge in [0.2, 0.25) is 0 Å². The Morgan fingerprint density at radius 3 is 1.92 bits per heavy atom. The molecule has 0 aromatic carbocycles. The summed E-state index contributed by atoms with van der Waals surface area (Å²) in [6, 6.07) is 0.867. The molecule has 0 atom stereocenters. The number of aromatic nitrogens is 1. The summed E-state index contributed by atoms with van der Waals surface area (Å²) in [5, 5.41) is -0.273. The first-order chi connectivity index (χ1) is 5.49. The van der Waals surface area contributed by atoms with Crippen molar-refractivity contribution in [3.63, 3.8) is 0 Å². The van der Waals surface area contributed by atoms with Gasteiger partial charge in [-0.05, 0) is 12.1 Å². The van der Waals surface area contributed by atoms with E-state index in [1.807, 2.05) is 0 Å². The second-order valence-corrected chi connectivity index (χ2v) is 5.08. The zero-order valence-corrected chi connectivity index (χ0v) is 7.43. The van der Waals surface area contributed by atoms with E-state index in [0.29, 0.717) is 6.07 Å². The van der Waals surface area contributed by atoms with E-state index in [1.165, 1.54) is 0 Å². The Hall–Kier alpha value is -0.560. The molecule has 0 aliphatic rings. The Bertz CT molecular complexity index is 329. The van der Waals surface area contributed by atoms with Crippen LogP contribution in [0, 0.1) is 0 Å². The van der Waals surface area contributed by atoms with Gasteiger partial charge in [-0.15, -0.1) is 0 Å². The summed E-state index contributed by atoms with van der Waals surface area (Å²) in [4.78, 5) is 0.893. The molecule has 0 unspecified atom stereocenters. The molecule has 0 saturated heterocycles. The topological polar surface area (TPSA) is 12.9 Å². The van der Waals surface area contributed by atoms with Crippen molar-refractivity contribution in [2.75, 3.05) is 0 Å². The zero-order valence-electron chi connectivity index (χ0n) is 5.86. The molecule has 1 aromatic rings. The van der Waals surface area contributed by atoms with Crippen LogP contribution in [0.4, 0.5) is 19.4 Å². The van der Waals surface area contributed by atoms with Crippen molar-refractivity contribution < 1.29 is 19.4 Å². The van der Waals surface area contributed by atoms with Gasteiger partial charge in [0.25, 0.3) is 0 Å². The number of pyridine rings is 1. The first-order valence-electron chi connectivity index (χ1n) is 2.85. The molecule has 13 heavy (non-hydrogen) atoms. The Morgan fingerprint density at radius 2 is 1.62 bits per heavy atom. The summed E-state index contributed by atoms with van der Waals surface area (Å²) in [5.41, 5.74) is 0. The number of hydrogen-bond acceptors (Lipinski definition) is 1. The largest absolute Gasteiger partial charge is 0.311 e. The van der Waals surface area contributed by atoms with Crippen molar-refractivity contribution in [1.82, 2.24) is 4.98 Å². The Labute approximate surface area is 75.3 Å². The summed E-state index contributed by atoms with van der Waals surface area (Å²) in [7, 11) is -9.57. The van der Waals surface area contributed by atoms with E-state index in [-0.39, 0.29) is 17.4 Å². The molecule has 0 amide bonds. The highest BCUT2D eigenvalue weighted by atomic mass is 35.5. The first kappa shape index (κ1) is 10.5. The molecule has 0 spiro atoms. The summed E-state index contributed by atoms with van der Waals surface area (Å²) in [5.74, 6) is 0. The molecule has 1 aromatic heterocycles. The average molecular weight is 240 g/mol. The van der Waals surface area contributed by atoms with Gasteiger partial charge in [0, 0.05) is 0 Å².